The Bertz CT molecular complexity index is 756. The third kappa shape index (κ3) is 2.54. The van der Waals surface area contributed by atoms with Crippen LogP contribution in [0, 0.1) is 6.92 Å². The fraction of sp³-hybridized carbons (Fsp3) is 0.357. The largest absolute Gasteiger partial charge is 0.369 e. The van der Waals surface area contributed by atoms with Gasteiger partial charge in [-0.2, -0.15) is 5.10 Å². The predicted octanol–water partition coefficient (Wildman–Crippen LogP) is 1.82. The lowest BCUT2D eigenvalue weighted by atomic mass is 10.2. The van der Waals surface area contributed by atoms with Crippen LogP contribution in [0.15, 0.2) is 24.8 Å². The molecule has 21 heavy (non-hydrogen) atoms. The molecule has 0 unspecified atom stereocenters. The van der Waals surface area contributed by atoms with Crippen molar-refractivity contribution in [3.8, 4) is 0 Å². The molecular weight excluding hydrogens is 266 g/mol. The Balaban J connectivity index is 1.88. The van der Waals surface area contributed by atoms with Gasteiger partial charge in [0.2, 0.25) is 0 Å². The normalized spacial score (nSPS) is 11.0. The molecule has 2 N–H and O–H groups in total. The van der Waals surface area contributed by atoms with E-state index in [4.69, 9.17) is 0 Å². The molecule has 110 valence electrons. The molecule has 0 fully saturated rings. The highest BCUT2D eigenvalue weighted by Crippen LogP contribution is 2.17. The van der Waals surface area contributed by atoms with E-state index < -0.39 is 0 Å². The highest BCUT2D eigenvalue weighted by Gasteiger charge is 2.09. The van der Waals surface area contributed by atoms with Gasteiger partial charge in [0.05, 0.1) is 12.4 Å². The van der Waals surface area contributed by atoms with E-state index >= 15 is 0 Å². The summed E-state index contributed by atoms with van der Waals surface area (Å²) in [6.07, 6.45) is 7.50. The standard InChI is InChI=1S/C14H19N7/c1-4-15-12-9-21-6-5-16-14(21)13(19-12)17-7-11-8-18-20(3)10(11)2/h5-6,8-9,15H,4,7H2,1-3H3,(H,17,19). The van der Waals surface area contributed by atoms with Crippen LogP contribution in [0.5, 0.6) is 0 Å². The van der Waals surface area contributed by atoms with Crippen LogP contribution < -0.4 is 10.6 Å². The number of aryl methyl sites for hydroxylation is 1. The van der Waals surface area contributed by atoms with Crippen molar-refractivity contribution in [1.29, 1.82) is 0 Å². The quantitative estimate of drug-likeness (QED) is 0.748. The van der Waals surface area contributed by atoms with E-state index in [2.05, 4.69) is 32.6 Å². The summed E-state index contributed by atoms with van der Waals surface area (Å²) < 4.78 is 3.83. The number of nitrogens with one attached hydrogen (secondary N) is 2. The molecule has 0 atom stereocenters. The second-order valence-electron chi connectivity index (χ2n) is 4.90. The molecule has 3 aromatic heterocycles. The van der Waals surface area contributed by atoms with Gasteiger partial charge in [-0.25, -0.2) is 9.97 Å². The molecule has 7 nitrogen and oxygen atoms in total. The molecule has 0 aliphatic rings. The van der Waals surface area contributed by atoms with Gasteiger partial charge >= 0.3 is 0 Å². The van der Waals surface area contributed by atoms with Crippen molar-refractivity contribution in [2.45, 2.75) is 20.4 Å². The summed E-state index contributed by atoms with van der Waals surface area (Å²) in [4.78, 5) is 8.93. The van der Waals surface area contributed by atoms with E-state index in [9.17, 15) is 0 Å². The number of anilines is 2. The third-order valence-electron chi connectivity index (χ3n) is 3.52. The fourth-order valence-corrected chi connectivity index (χ4v) is 2.21. The van der Waals surface area contributed by atoms with Crippen LogP contribution in [0.25, 0.3) is 5.65 Å². The molecule has 0 spiro atoms. The molecule has 0 aliphatic carbocycles. The smallest absolute Gasteiger partial charge is 0.180 e. The summed E-state index contributed by atoms with van der Waals surface area (Å²) >= 11 is 0. The average Bonchev–Trinajstić information content (AvgIpc) is 3.06. The number of hydrogen-bond acceptors (Lipinski definition) is 5. The minimum absolute atomic E-state index is 0.671. The van der Waals surface area contributed by atoms with E-state index in [-0.39, 0.29) is 0 Å². The zero-order valence-corrected chi connectivity index (χ0v) is 12.5. The molecule has 3 heterocycles. The Hall–Kier alpha value is -2.57. The van der Waals surface area contributed by atoms with Gasteiger partial charge < -0.3 is 15.0 Å². The molecule has 0 aliphatic heterocycles. The maximum absolute atomic E-state index is 4.58. The number of fused-ring (bicyclic) bond motifs is 1. The minimum atomic E-state index is 0.671. The van der Waals surface area contributed by atoms with Crippen LogP contribution in [-0.2, 0) is 13.6 Å². The highest BCUT2D eigenvalue weighted by molar-refractivity contribution is 5.65. The predicted molar refractivity (Wildman–Crippen MR) is 82.4 cm³/mol. The van der Waals surface area contributed by atoms with Gasteiger partial charge in [0.25, 0.3) is 0 Å². The summed E-state index contributed by atoms with van der Waals surface area (Å²) in [6, 6.07) is 0. The lowest BCUT2D eigenvalue weighted by Crippen LogP contribution is -2.08. The summed E-state index contributed by atoms with van der Waals surface area (Å²) in [6.45, 7) is 5.60. The van der Waals surface area contributed by atoms with E-state index in [0.29, 0.717) is 6.54 Å². The Morgan fingerprint density at radius 2 is 2.14 bits per heavy atom. The number of rotatable bonds is 5. The van der Waals surface area contributed by atoms with Crippen molar-refractivity contribution < 1.29 is 0 Å². The van der Waals surface area contributed by atoms with Crippen LogP contribution in [0.3, 0.4) is 0 Å². The van der Waals surface area contributed by atoms with Gasteiger partial charge in [0.1, 0.15) is 5.82 Å². The van der Waals surface area contributed by atoms with Gasteiger partial charge in [-0.05, 0) is 13.8 Å². The van der Waals surface area contributed by atoms with Gasteiger partial charge in [-0.15, -0.1) is 0 Å². The molecule has 0 radical (unpaired) electrons. The molecule has 0 saturated heterocycles. The average molecular weight is 285 g/mol. The van der Waals surface area contributed by atoms with Gasteiger partial charge in [0.15, 0.2) is 11.5 Å². The Morgan fingerprint density at radius 1 is 1.29 bits per heavy atom. The maximum Gasteiger partial charge on any atom is 0.180 e. The Kier molecular flexibility index (Phi) is 3.47. The molecular formula is C14H19N7. The minimum Gasteiger partial charge on any atom is -0.369 e. The van der Waals surface area contributed by atoms with E-state index in [1.165, 1.54) is 0 Å². The Labute approximate surface area is 123 Å². The van der Waals surface area contributed by atoms with Crippen LogP contribution in [0.2, 0.25) is 0 Å². The summed E-state index contributed by atoms with van der Waals surface area (Å²) in [5.41, 5.74) is 3.11. The first-order valence-electron chi connectivity index (χ1n) is 6.98. The van der Waals surface area contributed by atoms with Crippen LogP contribution in [0.1, 0.15) is 18.2 Å². The summed E-state index contributed by atoms with van der Waals surface area (Å²) in [7, 11) is 1.94. The number of imidazole rings is 1. The molecule has 0 aromatic carbocycles. The lowest BCUT2D eigenvalue weighted by Gasteiger charge is -2.10. The van der Waals surface area contributed by atoms with E-state index in [1.54, 1.807) is 6.20 Å². The van der Waals surface area contributed by atoms with Crippen LogP contribution >= 0.6 is 0 Å². The monoisotopic (exact) mass is 285 g/mol. The molecule has 0 saturated carbocycles. The second kappa shape index (κ2) is 5.43. The zero-order chi connectivity index (χ0) is 14.8. The van der Waals surface area contributed by atoms with Crippen molar-refractivity contribution in [2.24, 2.45) is 7.05 Å². The van der Waals surface area contributed by atoms with Crippen molar-refractivity contribution in [2.75, 3.05) is 17.2 Å². The van der Waals surface area contributed by atoms with Crippen LogP contribution in [0.4, 0.5) is 11.6 Å². The van der Waals surface area contributed by atoms with Crippen molar-refractivity contribution in [3.63, 3.8) is 0 Å². The van der Waals surface area contributed by atoms with Gasteiger partial charge in [-0.3, -0.25) is 4.68 Å². The fourth-order valence-electron chi connectivity index (χ4n) is 2.21. The molecule has 3 aromatic rings. The van der Waals surface area contributed by atoms with Crippen molar-refractivity contribution in [3.05, 3.63) is 36.0 Å². The van der Waals surface area contributed by atoms with Gasteiger partial charge in [-0.1, -0.05) is 0 Å². The molecule has 0 bridgehead atoms. The first kappa shape index (κ1) is 13.4. The lowest BCUT2D eigenvalue weighted by molar-refractivity contribution is 0.738. The summed E-state index contributed by atoms with van der Waals surface area (Å²) in [5, 5.41) is 10.8. The Morgan fingerprint density at radius 3 is 2.86 bits per heavy atom. The molecule has 7 heteroatoms. The third-order valence-corrected chi connectivity index (χ3v) is 3.52. The highest BCUT2D eigenvalue weighted by atomic mass is 15.3. The maximum atomic E-state index is 4.58. The topological polar surface area (TPSA) is 72.1 Å². The van der Waals surface area contributed by atoms with Crippen molar-refractivity contribution >= 4 is 17.3 Å². The van der Waals surface area contributed by atoms with E-state index in [1.807, 2.05) is 41.6 Å². The number of nitrogens with zero attached hydrogens (tertiary/aromatic N) is 5. The number of hydrogen-bond donors (Lipinski definition) is 2. The van der Waals surface area contributed by atoms with Gasteiger partial charge in [0, 0.05) is 43.8 Å². The second-order valence-corrected chi connectivity index (χ2v) is 4.90. The zero-order valence-electron chi connectivity index (χ0n) is 12.5. The summed E-state index contributed by atoms with van der Waals surface area (Å²) in [5.74, 6) is 1.59. The van der Waals surface area contributed by atoms with Crippen LogP contribution in [-0.4, -0.2) is 30.7 Å². The first-order chi connectivity index (χ1) is 10.2. The SMILES string of the molecule is CCNc1cn2ccnc2c(NCc2cnn(C)c2C)n1. The molecule has 0 amide bonds. The van der Waals surface area contributed by atoms with Crippen molar-refractivity contribution in [1.82, 2.24) is 24.1 Å². The first-order valence-corrected chi connectivity index (χ1v) is 6.98. The number of aromatic nitrogens is 5. The molecule has 3 rings (SSSR count). The van der Waals surface area contributed by atoms with E-state index in [0.717, 1.165) is 35.1 Å².